The molecule has 2 unspecified atom stereocenters. The van der Waals surface area contributed by atoms with Crippen LogP contribution < -0.4 is 0 Å². The first-order valence-electron chi connectivity index (χ1n) is 4.92. The molecule has 0 aromatic carbocycles. The van der Waals surface area contributed by atoms with Gasteiger partial charge in [-0.3, -0.25) is 4.79 Å². The molecule has 0 aromatic rings. The first kappa shape index (κ1) is 10.3. The second kappa shape index (κ2) is 3.95. The number of hydrogen-bond acceptors (Lipinski definition) is 2. The van der Waals surface area contributed by atoms with Crippen LogP contribution in [0.15, 0.2) is 12.2 Å². The second-order valence-electron chi connectivity index (χ2n) is 3.98. The lowest BCUT2D eigenvalue weighted by atomic mass is 9.73. The normalized spacial score (nSPS) is 35.0. The van der Waals surface area contributed by atoms with Crippen molar-refractivity contribution >= 4 is 5.97 Å². The lowest BCUT2D eigenvalue weighted by molar-refractivity contribution is -0.156. The van der Waals surface area contributed by atoms with Crippen LogP contribution in [-0.4, -0.2) is 12.6 Å². The predicted octanol–water partition coefficient (Wildman–Crippen LogP) is 2.54. The van der Waals surface area contributed by atoms with Gasteiger partial charge < -0.3 is 4.74 Å². The summed E-state index contributed by atoms with van der Waals surface area (Å²) in [6.07, 6.45) is 5.81. The van der Waals surface area contributed by atoms with Crippen molar-refractivity contribution < 1.29 is 9.53 Å². The molecular formula is C11H18O2. The quantitative estimate of drug-likeness (QED) is 0.484. The number of cyclic esters (lactones) is 1. The number of carbonyl (C=O) groups is 1. The van der Waals surface area contributed by atoms with Crippen molar-refractivity contribution in [2.24, 2.45) is 11.3 Å². The predicted molar refractivity (Wildman–Crippen MR) is 52.3 cm³/mol. The highest BCUT2D eigenvalue weighted by Crippen LogP contribution is 2.37. The minimum absolute atomic E-state index is 0.0474. The van der Waals surface area contributed by atoms with Crippen LogP contribution in [0.5, 0.6) is 0 Å². The van der Waals surface area contributed by atoms with Gasteiger partial charge in [0.15, 0.2) is 0 Å². The van der Waals surface area contributed by atoms with Gasteiger partial charge in [0.2, 0.25) is 0 Å². The van der Waals surface area contributed by atoms with Crippen molar-refractivity contribution in [1.29, 1.82) is 0 Å². The summed E-state index contributed by atoms with van der Waals surface area (Å²) in [6, 6.07) is 0. The molecule has 0 aliphatic carbocycles. The van der Waals surface area contributed by atoms with Crippen LogP contribution in [0.1, 0.15) is 33.6 Å². The number of hydrogen-bond donors (Lipinski definition) is 0. The zero-order chi connectivity index (χ0) is 9.90. The molecular weight excluding hydrogens is 164 g/mol. The minimum Gasteiger partial charge on any atom is -0.465 e. The maximum Gasteiger partial charge on any atom is 0.306 e. The Labute approximate surface area is 80.0 Å². The van der Waals surface area contributed by atoms with E-state index in [1.54, 1.807) is 0 Å². The summed E-state index contributed by atoms with van der Waals surface area (Å²) < 4.78 is 5.09. The van der Waals surface area contributed by atoms with Crippen LogP contribution in [0, 0.1) is 11.3 Å². The van der Waals surface area contributed by atoms with Crippen LogP contribution in [0.25, 0.3) is 0 Å². The van der Waals surface area contributed by atoms with Crippen LogP contribution in [-0.2, 0) is 9.53 Å². The van der Waals surface area contributed by atoms with Gasteiger partial charge in [0.25, 0.3) is 0 Å². The largest absolute Gasteiger partial charge is 0.465 e. The lowest BCUT2D eigenvalue weighted by Gasteiger charge is -2.37. The fourth-order valence-corrected chi connectivity index (χ4v) is 2.02. The zero-order valence-electron chi connectivity index (χ0n) is 8.67. The number of ether oxygens (including phenoxy) is 1. The standard InChI is InChI=1S/C11H18O2/c1-4-6-11(3)8-13-10(12)7-9(11)5-2/h4,6,9H,5,7-8H2,1-3H3/b6-4+. The summed E-state index contributed by atoms with van der Waals surface area (Å²) in [5.74, 6) is 0.388. The smallest absolute Gasteiger partial charge is 0.306 e. The summed E-state index contributed by atoms with van der Waals surface area (Å²) in [5, 5.41) is 0. The van der Waals surface area contributed by atoms with Gasteiger partial charge in [0.05, 0.1) is 0 Å². The minimum atomic E-state index is -0.0474. The van der Waals surface area contributed by atoms with Gasteiger partial charge in [0, 0.05) is 11.8 Å². The third-order valence-electron chi connectivity index (χ3n) is 2.93. The molecule has 13 heavy (non-hydrogen) atoms. The summed E-state index contributed by atoms with van der Waals surface area (Å²) in [5.41, 5.74) is 0.0530. The van der Waals surface area contributed by atoms with E-state index in [0.717, 1.165) is 6.42 Å². The number of carbonyl (C=O) groups excluding carboxylic acids is 1. The van der Waals surface area contributed by atoms with E-state index in [2.05, 4.69) is 19.9 Å². The average Bonchev–Trinajstić information content (AvgIpc) is 2.10. The van der Waals surface area contributed by atoms with Crippen molar-refractivity contribution in [3.63, 3.8) is 0 Å². The average molecular weight is 182 g/mol. The number of allylic oxidation sites excluding steroid dienone is 1. The lowest BCUT2D eigenvalue weighted by Crippen LogP contribution is -2.38. The first-order chi connectivity index (χ1) is 6.12. The van der Waals surface area contributed by atoms with Gasteiger partial charge in [0.1, 0.15) is 6.61 Å². The molecule has 0 amide bonds. The molecule has 1 aliphatic heterocycles. The van der Waals surface area contributed by atoms with Gasteiger partial charge in [-0.15, -0.1) is 0 Å². The van der Waals surface area contributed by atoms with E-state index in [4.69, 9.17) is 4.74 Å². The van der Waals surface area contributed by atoms with E-state index in [1.807, 2.05) is 13.0 Å². The van der Waals surface area contributed by atoms with E-state index < -0.39 is 0 Å². The SMILES string of the molecule is C/C=C/C1(C)COC(=O)CC1CC. The van der Waals surface area contributed by atoms with Crippen molar-refractivity contribution in [2.45, 2.75) is 33.6 Å². The van der Waals surface area contributed by atoms with Crippen LogP contribution in [0.3, 0.4) is 0 Å². The van der Waals surface area contributed by atoms with Crippen molar-refractivity contribution in [3.05, 3.63) is 12.2 Å². The number of rotatable bonds is 2. The van der Waals surface area contributed by atoms with Crippen molar-refractivity contribution in [2.75, 3.05) is 6.61 Å². The van der Waals surface area contributed by atoms with E-state index in [1.165, 1.54) is 0 Å². The molecule has 0 bridgehead atoms. The van der Waals surface area contributed by atoms with Gasteiger partial charge in [-0.05, 0) is 12.8 Å². The molecule has 74 valence electrons. The van der Waals surface area contributed by atoms with E-state index in [0.29, 0.717) is 18.9 Å². The highest BCUT2D eigenvalue weighted by atomic mass is 16.5. The maximum atomic E-state index is 11.1. The molecule has 1 aliphatic rings. The molecule has 0 spiro atoms. The molecule has 2 heteroatoms. The summed E-state index contributed by atoms with van der Waals surface area (Å²) in [4.78, 5) is 11.1. The van der Waals surface area contributed by atoms with Crippen molar-refractivity contribution in [1.82, 2.24) is 0 Å². The Morgan fingerprint density at radius 3 is 2.92 bits per heavy atom. The highest BCUT2D eigenvalue weighted by molar-refractivity contribution is 5.70. The molecule has 1 saturated heterocycles. The maximum absolute atomic E-state index is 11.1. The van der Waals surface area contributed by atoms with E-state index >= 15 is 0 Å². The Kier molecular flexibility index (Phi) is 3.12. The fraction of sp³-hybridized carbons (Fsp3) is 0.727. The van der Waals surface area contributed by atoms with Gasteiger partial charge >= 0.3 is 5.97 Å². The summed E-state index contributed by atoms with van der Waals surface area (Å²) in [7, 11) is 0. The van der Waals surface area contributed by atoms with E-state index in [9.17, 15) is 4.79 Å². The second-order valence-corrected chi connectivity index (χ2v) is 3.98. The Morgan fingerprint density at radius 2 is 2.38 bits per heavy atom. The molecule has 2 nitrogen and oxygen atoms in total. The molecule has 1 rings (SSSR count). The molecule has 0 N–H and O–H groups in total. The Balaban J connectivity index is 2.77. The van der Waals surface area contributed by atoms with E-state index in [-0.39, 0.29) is 11.4 Å². The third kappa shape index (κ3) is 2.11. The Bertz CT molecular complexity index is 220. The summed E-state index contributed by atoms with van der Waals surface area (Å²) >= 11 is 0. The molecule has 2 atom stereocenters. The Hall–Kier alpha value is -0.790. The molecule has 1 heterocycles. The number of esters is 1. The summed E-state index contributed by atoms with van der Waals surface area (Å²) in [6.45, 7) is 6.84. The monoisotopic (exact) mass is 182 g/mol. The van der Waals surface area contributed by atoms with Gasteiger partial charge in [-0.2, -0.15) is 0 Å². The Morgan fingerprint density at radius 1 is 1.69 bits per heavy atom. The van der Waals surface area contributed by atoms with Crippen LogP contribution >= 0.6 is 0 Å². The van der Waals surface area contributed by atoms with Gasteiger partial charge in [-0.25, -0.2) is 0 Å². The molecule has 1 fully saturated rings. The third-order valence-corrected chi connectivity index (χ3v) is 2.93. The van der Waals surface area contributed by atoms with Gasteiger partial charge in [-0.1, -0.05) is 32.4 Å². The van der Waals surface area contributed by atoms with Crippen LogP contribution in [0.2, 0.25) is 0 Å². The molecule has 0 radical (unpaired) electrons. The topological polar surface area (TPSA) is 26.3 Å². The van der Waals surface area contributed by atoms with Crippen LogP contribution in [0.4, 0.5) is 0 Å². The molecule has 0 saturated carbocycles. The fourth-order valence-electron chi connectivity index (χ4n) is 2.02. The zero-order valence-corrected chi connectivity index (χ0v) is 8.67. The molecule has 0 aromatic heterocycles. The first-order valence-corrected chi connectivity index (χ1v) is 4.92. The highest BCUT2D eigenvalue weighted by Gasteiger charge is 2.37. The van der Waals surface area contributed by atoms with Crippen molar-refractivity contribution in [3.8, 4) is 0 Å².